The van der Waals surface area contributed by atoms with Crippen molar-refractivity contribution in [3.05, 3.63) is 33.2 Å². The molecular weight excluding hydrogens is 338 g/mol. The average molecular weight is 361 g/mol. The van der Waals surface area contributed by atoms with Crippen molar-refractivity contribution in [3.63, 3.8) is 0 Å². The van der Waals surface area contributed by atoms with Crippen molar-refractivity contribution >= 4 is 12.3 Å². The van der Waals surface area contributed by atoms with Gasteiger partial charge in [0.1, 0.15) is 0 Å². The molecule has 0 amide bonds. The van der Waals surface area contributed by atoms with Crippen LogP contribution in [0.25, 0.3) is 0 Å². The Balaban J connectivity index is 1.83. The summed E-state index contributed by atoms with van der Waals surface area (Å²) in [7, 11) is 0. The standard InChI is InChI=1S/C19H23NO6/c1-2-24-18(23)14(9-12-3-4-12)13-10-16-19(25-7-8-26-19)5-6-20(16)17(22)15(13)11-21/h10-12,14H,2-9H2,1H3. The number of hydrogen-bond donors (Lipinski definition) is 0. The first-order valence-electron chi connectivity index (χ1n) is 9.27. The minimum Gasteiger partial charge on any atom is -0.466 e. The summed E-state index contributed by atoms with van der Waals surface area (Å²) < 4.78 is 18.4. The zero-order valence-electron chi connectivity index (χ0n) is 14.9. The van der Waals surface area contributed by atoms with Crippen molar-refractivity contribution in [1.82, 2.24) is 4.57 Å². The molecule has 1 saturated heterocycles. The Hall–Kier alpha value is -1.99. The summed E-state index contributed by atoms with van der Waals surface area (Å²) in [5.74, 6) is -1.49. The van der Waals surface area contributed by atoms with Crippen LogP contribution in [-0.4, -0.2) is 36.6 Å². The zero-order chi connectivity index (χ0) is 18.3. The van der Waals surface area contributed by atoms with Crippen LogP contribution in [0, 0.1) is 5.92 Å². The van der Waals surface area contributed by atoms with E-state index in [-0.39, 0.29) is 23.7 Å². The van der Waals surface area contributed by atoms with Gasteiger partial charge in [-0.25, -0.2) is 0 Å². The summed E-state index contributed by atoms with van der Waals surface area (Å²) >= 11 is 0. The fraction of sp³-hybridized carbons (Fsp3) is 0.632. The van der Waals surface area contributed by atoms with Crippen LogP contribution < -0.4 is 5.56 Å². The third kappa shape index (κ3) is 2.79. The lowest BCUT2D eigenvalue weighted by molar-refractivity contribution is -0.163. The van der Waals surface area contributed by atoms with E-state index in [1.807, 2.05) is 0 Å². The lowest BCUT2D eigenvalue weighted by Crippen LogP contribution is -2.32. The second kappa shape index (κ2) is 6.63. The molecule has 1 unspecified atom stereocenters. The van der Waals surface area contributed by atoms with E-state index in [2.05, 4.69) is 0 Å². The van der Waals surface area contributed by atoms with Crippen molar-refractivity contribution in [2.45, 2.75) is 50.9 Å². The van der Waals surface area contributed by atoms with E-state index in [1.54, 1.807) is 13.0 Å². The maximum atomic E-state index is 12.9. The molecule has 2 aliphatic heterocycles. The summed E-state index contributed by atoms with van der Waals surface area (Å²) in [4.78, 5) is 37.2. The Kier molecular flexibility index (Phi) is 4.44. The highest BCUT2D eigenvalue weighted by Gasteiger charge is 2.46. The Morgan fingerprint density at radius 1 is 1.42 bits per heavy atom. The Labute approximate surface area is 151 Å². The Bertz CT molecular complexity index is 788. The van der Waals surface area contributed by atoms with Gasteiger partial charge in [0.25, 0.3) is 5.56 Å². The van der Waals surface area contributed by atoms with Gasteiger partial charge in [0.05, 0.1) is 37.0 Å². The van der Waals surface area contributed by atoms with E-state index in [1.165, 1.54) is 4.57 Å². The first-order valence-corrected chi connectivity index (χ1v) is 9.27. The number of carbonyl (C=O) groups excluding carboxylic acids is 2. The van der Waals surface area contributed by atoms with Crippen LogP contribution in [0.2, 0.25) is 0 Å². The van der Waals surface area contributed by atoms with Gasteiger partial charge in [0, 0.05) is 13.0 Å². The summed E-state index contributed by atoms with van der Waals surface area (Å²) in [5.41, 5.74) is 0.712. The molecule has 7 nitrogen and oxygen atoms in total. The lowest BCUT2D eigenvalue weighted by Gasteiger charge is -2.24. The molecule has 1 aromatic rings. The predicted octanol–water partition coefficient (Wildman–Crippen LogP) is 1.71. The van der Waals surface area contributed by atoms with Crippen molar-refractivity contribution in [2.24, 2.45) is 5.92 Å². The topological polar surface area (TPSA) is 83.8 Å². The average Bonchev–Trinajstić information content (AvgIpc) is 3.21. The largest absolute Gasteiger partial charge is 0.466 e. The molecule has 7 heteroatoms. The Morgan fingerprint density at radius 3 is 2.77 bits per heavy atom. The number of rotatable bonds is 6. The van der Waals surface area contributed by atoms with Gasteiger partial charge in [-0.1, -0.05) is 12.8 Å². The minimum atomic E-state index is -0.936. The highest BCUT2D eigenvalue weighted by molar-refractivity contribution is 5.85. The molecule has 1 aliphatic carbocycles. The third-order valence-electron chi connectivity index (χ3n) is 5.51. The summed E-state index contributed by atoms with van der Waals surface area (Å²) in [5, 5.41) is 0. The van der Waals surface area contributed by atoms with Gasteiger partial charge in [0.2, 0.25) is 5.79 Å². The van der Waals surface area contributed by atoms with Crippen LogP contribution in [0.3, 0.4) is 0 Å². The quantitative estimate of drug-likeness (QED) is 0.567. The number of nitrogens with zero attached hydrogens (tertiary/aromatic N) is 1. The monoisotopic (exact) mass is 361 g/mol. The number of esters is 1. The van der Waals surface area contributed by atoms with Crippen LogP contribution >= 0.6 is 0 Å². The molecule has 2 fully saturated rings. The number of fused-ring (bicyclic) bond motifs is 2. The highest BCUT2D eigenvalue weighted by atomic mass is 16.7. The molecule has 1 saturated carbocycles. The maximum Gasteiger partial charge on any atom is 0.313 e. The number of pyridine rings is 1. The maximum absolute atomic E-state index is 12.9. The predicted molar refractivity (Wildman–Crippen MR) is 91.0 cm³/mol. The van der Waals surface area contributed by atoms with Gasteiger partial charge in [0.15, 0.2) is 6.29 Å². The molecule has 1 aromatic heterocycles. The first kappa shape index (κ1) is 17.4. The SMILES string of the molecule is CCOC(=O)C(CC1CC1)c1cc2n(c(=O)c1C=O)CCC21OCCO1. The molecule has 26 heavy (non-hydrogen) atoms. The van der Waals surface area contributed by atoms with Gasteiger partial charge in [-0.15, -0.1) is 0 Å². The molecule has 1 atom stereocenters. The van der Waals surface area contributed by atoms with Gasteiger partial charge >= 0.3 is 5.97 Å². The van der Waals surface area contributed by atoms with Gasteiger partial charge in [-0.2, -0.15) is 0 Å². The van der Waals surface area contributed by atoms with E-state index in [0.29, 0.717) is 56.1 Å². The van der Waals surface area contributed by atoms with Gasteiger partial charge in [-0.05, 0) is 30.9 Å². The van der Waals surface area contributed by atoms with Crippen molar-refractivity contribution in [1.29, 1.82) is 0 Å². The van der Waals surface area contributed by atoms with Crippen LogP contribution in [0.1, 0.15) is 60.1 Å². The van der Waals surface area contributed by atoms with E-state index < -0.39 is 11.7 Å². The van der Waals surface area contributed by atoms with Gasteiger partial charge < -0.3 is 18.8 Å². The number of aldehydes is 1. The normalized spacial score (nSPS) is 21.6. The van der Waals surface area contributed by atoms with Crippen LogP contribution in [0.15, 0.2) is 10.9 Å². The van der Waals surface area contributed by atoms with Crippen LogP contribution in [0.5, 0.6) is 0 Å². The molecule has 0 aromatic carbocycles. The van der Waals surface area contributed by atoms with Crippen molar-refractivity contribution in [3.8, 4) is 0 Å². The number of ether oxygens (including phenoxy) is 3. The summed E-state index contributed by atoms with van der Waals surface area (Å²) in [6.07, 6.45) is 3.80. The fourth-order valence-corrected chi connectivity index (χ4v) is 4.04. The molecule has 3 aliphatic rings. The van der Waals surface area contributed by atoms with E-state index in [0.717, 1.165) is 12.8 Å². The summed E-state index contributed by atoms with van der Waals surface area (Å²) in [6, 6.07) is 1.76. The molecule has 140 valence electrons. The van der Waals surface area contributed by atoms with E-state index >= 15 is 0 Å². The zero-order valence-corrected chi connectivity index (χ0v) is 14.9. The molecule has 1 spiro atoms. The summed E-state index contributed by atoms with van der Waals surface area (Å²) in [6.45, 7) is 3.36. The molecule has 0 bridgehead atoms. The number of aromatic nitrogens is 1. The van der Waals surface area contributed by atoms with E-state index in [9.17, 15) is 14.4 Å². The minimum absolute atomic E-state index is 0.0440. The molecule has 0 radical (unpaired) electrons. The van der Waals surface area contributed by atoms with Gasteiger partial charge in [-0.3, -0.25) is 14.4 Å². The molecule has 0 N–H and O–H groups in total. The van der Waals surface area contributed by atoms with Crippen LogP contribution in [-0.2, 0) is 31.3 Å². The second-order valence-corrected chi connectivity index (χ2v) is 7.16. The molecule has 3 heterocycles. The van der Waals surface area contributed by atoms with E-state index in [4.69, 9.17) is 14.2 Å². The fourth-order valence-electron chi connectivity index (χ4n) is 4.04. The van der Waals surface area contributed by atoms with Crippen LogP contribution in [0.4, 0.5) is 0 Å². The highest BCUT2D eigenvalue weighted by Crippen LogP contribution is 2.43. The molecular formula is C19H23NO6. The van der Waals surface area contributed by atoms with Crippen molar-refractivity contribution < 1.29 is 23.8 Å². The number of carbonyl (C=O) groups is 2. The lowest BCUT2D eigenvalue weighted by atomic mass is 9.89. The Morgan fingerprint density at radius 2 is 2.15 bits per heavy atom. The number of hydrogen-bond acceptors (Lipinski definition) is 6. The third-order valence-corrected chi connectivity index (χ3v) is 5.51. The van der Waals surface area contributed by atoms with Crippen molar-refractivity contribution in [2.75, 3.05) is 19.8 Å². The molecule has 4 rings (SSSR count). The first-order chi connectivity index (χ1) is 12.6. The second-order valence-electron chi connectivity index (χ2n) is 7.16. The smallest absolute Gasteiger partial charge is 0.313 e.